The van der Waals surface area contributed by atoms with Crippen LogP contribution in [0.25, 0.3) is 0 Å². The van der Waals surface area contributed by atoms with E-state index >= 15 is 0 Å². The molecule has 0 spiro atoms. The van der Waals surface area contributed by atoms with Gasteiger partial charge in [-0.2, -0.15) is 0 Å². The summed E-state index contributed by atoms with van der Waals surface area (Å²) in [7, 11) is 0. The zero-order valence-corrected chi connectivity index (χ0v) is 7.40. The van der Waals surface area contributed by atoms with E-state index in [0.29, 0.717) is 13.2 Å². The van der Waals surface area contributed by atoms with Crippen LogP contribution in [0.2, 0.25) is 0 Å². The monoisotopic (exact) mass is 181 g/mol. The van der Waals surface area contributed by atoms with Gasteiger partial charge in [0.2, 0.25) is 0 Å². The summed E-state index contributed by atoms with van der Waals surface area (Å²) in [4.78, 5) is 23.1. The third-order valence-electron chi connectivity index (χ3n) is 1.57. The van der Waals surface area contributed by atoms with E-state index in [1.54, 1.807) is 6.08 Å². The molecule has 0 fully saturated rings. The molecule has 1 rings (SSSR count). The van der Waals surface area contributed by atoms with Crippen molar-refractivity contribution < 1.29 is 14.3 Å². The molecule has 0 unspecified atom stereocenters. The molecule has 1 aliphatic rings. The van der Waals surface area contributed by atoms with Gasteiger partial charge < -0.3 is 4.74 Å². The SMILES string of the molecule is CC=COCCN1C(=O)C=CC1=O. The van der Waals surface area contributed by atoms with Crippen LogP contribution in [0.4, 0.5) is 0 Å². The zero-order chi connectivity index (χ0) is 9.68. The number of hydrogen-bond donors (Lipinski definition) is 0. The summed E-state index contributed by atoms with van der Waals surface area (Å²) in [6.45, 7) is 2.46. The van der Waals surface area contributed by atoms with Crippen LogP contribution in [-0.2, 0) is 14.3 Å². The molecular weight excluding hydrogens is 170 g/mol. The highest BCUT2D eigenvalue weighted by molar-refractivity contribution is 6.12. The lowest BCUT2D eigenvalue weighted by atomic mass is 10.5. The van der Waals surface area contributed by atoms with Gasteiger partial charge in [-0.05, 0) is 6.92 Å². The summed E-state index contributed by atoms with van der Waals surface area (Å²) < 4.78 is 4.99. The third-order valence-corrected chi connectivity index (χ3v) is 1.57. The van der Waals surface area contributed by atoms with Gasteiger partial charge in [-0.1, -0.05) is 6.08 Å². The number of amides is 2. The van der Waals surface area contributed by atoms with Crippen LogP contribution in [0, 0.1) is 0 Å². The van der Waals surface area contributed by atoms with Gasteiger partial charge in [0.1, 0.15) is 6.61 Å². The summed E-state index contributed by atoms with van der Waals surface area (Å²) in [5.74, 6) is -0.539. The van der Waals surface area contributed by atoms with Crippen molar-refractivity contribution in [2.75, 3.05) is 13.2 Å². The standard InChI is InChI=1S/C9H11NO3/c1-2-6-13-7-5-10-8(11)3-4-9(10)12/h2-4,6H,5,7H2,1H3. The topological polar surface area (TPSA) is 46.6 Å². The zero-order valence-electron chi connectivity index (χ0n) is 7.40. The fraction of sp³-hybridized carbons (Fsp3) is 0.333. The number of hydrogen-bond acceptors (Lipinski definition) is 3. The molecule has 0 aromatic carbocycles. The lowest BCUT2D eigenvalue weighted by Gasteiger charge is -2.12. The highest BCUT2D eigenvalue weighted by atomic mass is 16.5. The lowest BCUT2D eigenvalue weighted by Crippen LogP contribution is -2.32. The van der Waals surface area contributed by atoms with Crippen molar-refractivity contribution in [1.29, 1.82) is 0 Å². The molecule has 1 aliphatic heterocycles. The van der Waals surface area contributed by atoms with Crippen LogP contribution in [0.1, 0.15) is 6.92 Å². The van der Waals surface area contributed by atoms with Crippen molar-refractivity contribution in [3.63, 3.8) is 0 Å². The van der Waals surface area contributed by atoms with E-state index in [-0.39, 0.29) is 11.8 Å². The predicted octanol–water partition coefficient (Wildman–Crippen LogP) is 0.462. The van der Waals surface area contributed by atoms with Crippen LogP contribution < -0.4 is 0 Å². The molecule has 0 atom stereocenters. The number of nitrogens with zero attached hydrogens (tertiary/aromatic N) is 1. The largest absolute Gasteiger partial charge is 0.500 e. The molecule has 0 aromatic heterocycles. The van der Waals surface area contributed by atoms with Crippen LogP contribution in [0.15, 0.2) is 24.5 Å². The van der Waals surface area contributed by atoms with Crippen LogP contribution in [0.3, 0.4) is 0 Å². The lowest BCUT2D eigenvalue weighted by molar-refractivity contribution is -0.137. The van der Waals surface area contributed by atoms with E-state index in [9.17, 15) is 9.59 Å². The minimum absolute atomic E-state index is 0.269. The molecule has 2 amide bonds. The molecule has 0 radical (unpaired) electrons. The number of carbonyl (C=O) groups excluding carboxylic acids is 2. The Kier molecular flexibility index (Phi) is 3.25. The van der Waals surface area contributed by atoms with E-state index in [4.69, 9.17) is 4.74 Å². The predicted molar refractivity (Wildman–Crippen MR) is 46.6 cm³/mol. The average Bonchev–Trinajstić information content (AvgIpc) is 2.42. The molecule has 1 heterocycles. The molecule has 4 heteroatoms. The van der Waals surface area contributed by atoms with Gasteiger partial charge in [-0.3, -0.25) is 14.5 Å². The van der Waals surface area contributed by atoms with E-state index in [1.807, 2.05) is 6.92 Å². The molecule has 0 aliphatic carbocycles. The van der Waals surface area contributed by atoms with Gasteiger partial charge in [0.15, 0.2) is 0 Å². The van der Waals surface area contributed by atoms with Crippen LogP contribution >= 0.6 is 0 Å². The maximum Gasteiger partial charge on any atom is 0.253 e. The van der Waals surface area contributed by atoms with Crippen molar-refractivity contribution in [3.8, 4) is 0 Å². The van der Waals surface area contributed by atoms with Crippen molar-refractivity contribution in [2.24, 2.45) is 0 Å². The Hall–Kier alpha value is -1.58. The van der Waals surface area contributed by atoms with Crippen LogP contribution in [0.5, 0.6) is 0 Å². The minimum Gasteiger partial charge on any atom is -0.500 e. The fourth-order valence-electron chi connectivity index (χ4n) is 0.960. The third kappa shape index (κ3) is 2.43. The molecule has 0 N–H and O–H groups in total. The Balaban J connectivity index is 2.29. The van der Waals surface area contributed by atoms with Crippen LogP contribution in [-0.4, -0.2) is 29.9 Å². The Morgan fingerprint density at radius 2 is 2.00 bits per heavy atom. The molecule has 0 aromatic rings. The van der Waals surface area contributed by atoms with Crippen molar-refractivity contribution in [1.82, 2.24) is 4.90 Å². The molecule has 0 saturated carbocycles. The van der Waals surface area contributed by atoms with Gasteiger partial charge in [0, 0.05) is 12.2 Å². The maximum atomic E-state index is 11.0. The van der Waals surface area contributed by atoms with Gasteiger partial charge in [-0.25, -0.2) is 0 Å². The first-order chi connectivity index (χ1) is 6.25. The second-order valence-corrected chi connectivity index (χ2v) is 2.50. The molecule has 70 valence electrons. The molecule has 4 nitrogen and oxygen atoms in total. The maximum absolute atomic E-state index is 11.0. The Morgan fingerprint density at radius 3 is 2.54 bits per heavy atom. The van der Waals surface area contributed by atoms with E-state index in [2.05, 4.69) is 0 Å². The number of imide groups is 1. The smallest absolute Gasteiger partial charge is 0.253 e. The minimum atomic E-state index is -0.269. The number of ether oxygens (including phenoxy) is 1. The quantitative estimate of drug-likeness (QED) is 0.359. The highest BCUT2D eigenvalue weighted by Gasteiger charge is 2.22. The van der Waals surface area contributed by atoms with E-state index < -0.39 is 0 Å². The second kappa shape index (κ2) is 4.45. The van der Waals surface area contributed by atoms with Gasteiger partial charge in [-0.15, -0.1) is 0 Å². The molecule has 0 bridgehead atoms. The summed E-state index contributed by atoms with van der Waals surface area (Å²) in [6, 6.07) is 0. The first kappa shape index (κ1) is 9.51. The number of rotatable bonds is 4. The second-order valence-electron chi connectivity index (χ2n) is 2.50. The highest BCUT2D eigenvalue weighted by Crippen LogP contribution is 2.02. The Morgan fingerprint density at radius 1 is 1.38 bits per heavy atom. The van der Waals surface area contributed by atoms with E-state index in [1.165, 1.54) is 18.4 Å². The van der Waals surface area contributed by atoms with Crippen molar-refractivity contribution in [2.45, 2.75) is 6.92 Å². The molecule has 13 heavy (non-hydrogen) atoms. The summed E-state index contributed by atoms with van der Waals surface area (Å²) in [5, 5.41) is 0. The fourth-order valence-corrected chi connectivity index (χ4v) is 0.960. The Labute approximate surface area is 76.5 Å². The van der Waals surface area contributed by atoms with Gasteiger partial charge >= 0.3 is 0 Å². The van der Waals surface area contributed by atoms with Crippen molar-refractivity contribution in [3.05, 3.63) is 24.5 Å². The first-order valence-electron chi connectivity index (χ1n) is 4.02. The van der Waals surface area contributed by atoms with E-state index in [0.717, 1.165) is 4.90 Å². The average molecular weight is 181 g/mol. The summed E-state index contributed by atoms with van der Waals surface area (Å²) >= 11 is 0. The first-order valence-corrected chi connectivity index (χ1v) is 4.02. The Bertz CT molecular complexity index is 250. The molecular formula is C9H11NO3. The van der Waals surface area contributed by atoms with Gasteiger partial charge in [0.05, 0.1) is 12.8 Å². The van der Waals surface area contributed by atoms with Gasteiger partial charge in [0.25, 0.3) is 11.8 Å². The normalized spacial score (nSPS) is 16.2. The summed E-state index contributed by atoms with van der Waals surface area (Å²) in [6.07, 6.45) is 5.79. The number of carbonyl (C=O) groups is 2. The summed E-state index contributed by atoms with van der Waals surface area (Å²) in [5.41, 5.74) is 0. The molecule has 0 saturated heterocycles. The van der Waals surface area contributed by atoms with Crippen molar-refractivity contribution >= 4 is 11.8 Å². The number of allylic oxidation sites excluding steroid dienone is 1.